The van der Waals surface area contributed by atoms with Gasteiger partial charge in [0.25, 0.3) is 0 Å². The van der Waals surface area contributed by atoms with Crippen LogP contribution in [0.15, 0.2) is 0 Å². The van der Waals surface area contributed by atoms with E-state index in [1.807, 2.05) is 4.90 Å². The van der Waals surface area contributed by atoms with Gasteiger partial charge in [-0.25, -0.2) is 4.79 Å². The molecule has 1 saturated heterocycles. The van der Waals surface area contributed by atoms with Crippen molar-refractivity contribution in [3.8, 4) is 0 Å². The summed E-state index contributed by atoms with van der Waals surface area (Å²) < 4.78 is 0. The third-order valence-electron chi connectivity index (χ3n) is 3.38. The molecular formula is C13H28N4O. The van der Waals surface area contributed by atoms with Gasteiger partial charge in [-0.3, -0.25) is 4.90 Å². The normalized spacial score (nSPS) is 16.2. The number of hydrogen-bond donors (Lipinski definition) is 2. The van der Waals surface area contributed by atoms with Gasteiger partial charge in [-0.1, -0.05) is 0 Å². The van der Waals surface area contributed by atoms with Gasteiger partial charge in [-0.05, 0) is 27.7 Å². The van der Waals surface area contributed by atoms with Gasteiger partial charge >= 0.3 is 6.03 Å². The van der Waals surface area contributed by atoms with E-state index in [4.69, 9.17) is 0 Å². The highest BCUT2D eigenvalue weighted by Gasteiger charge is 2.18. The highest BCUT2D eigenvalue weighted by Crippen LogP contribution is 2.03. The zero-order valence-electron chi connectivity index (χ0n) is 12.2. The van der Waals surface area contributed by atoms with E-state index < -0.39 is 0 Å². The Morgan fingerprint density at radius 3 is 2.44 bits per heavy atom. The zero-order valence-corrected chi connectivity index (χ0v) is 12.2. The number of carbonyl (C=O) groups is 1. The molecule has 0 atom stereocenters. The van der Waals surface area contributed by atoms with E-state index in [2.05, 4.69) is 43.2 Å². The maximum Gasteiger partial charge on any atom is 0.317 e. The van der Waals surface area contributed by atoms with E-state index in [9.17, 15) is 4.79 Å². The fourth-order valence-corrected chi connectivity index (χ4v) is 2.38. The number of carbonyl (C=O) groups excluding carboxylic acids is 1. The molecule has 0 aromatic heterocycles. The summed E-state index contributed by atoms with van der Waals surface area (Å²) in [5, 5.41) is 6.22. The Kier molecular flexibility index (Phi) is 6.43. The SMILES string of the molecule is CC(C)N(CCNCCN1CCNC1=O)C(C)C. The van der Waals surface area contributed by atoms with Crippen LogP contribution in [0.3, 0.4) is 0 Å². The molecule has 1 rings (SSSR count). The molecule has 0 aliphatic carbocycles. The quantitative estimate of drug-likeness (QED) is 0.629. The van der Waals surface area contributed by atoms with E-state index in [1.165, 1.54) is 0 Å². The molecule has 2 N–H and O–H groups in total. The lowest BCUT2D eigenvalue weighted by Gasteiger charge is -2.30. The van der Waals surface area contributed by atoms with Crippen LogP contribution in [-0.4, -0.2) is 67.2 Å². The fraction of sp³-hybridized carbons (Fsp3) is 0.923. The van der Waals surface area contributed by atoms with Gasteiger partial charge in [0.2, 0.25) is 0 Å². The minimum atomic E-state index is 0.0720. The van der Waals surface area contributed by atoms with E-state index in [0.29, 0.717) is 12.1 Å². The van der Waals surface area contributed by atoms with Crippen molar-refractivity contribution in [3.05, 3.63) is 0 Å². The molecule has 0 aromatic rings. The van der Waals surface area contributed by atoms with Crippen LogP contribution in [-0.2, 0) is 0 Å². The molecule has 0 bridgehead atoms. The molecule has 1 heterocycles. The number of hydrogen-bond acceptors (Lipinski definition) is 3. The third-order valence-corrected chi connectivity index (χ3v) is 3.38. The van der Waals surface area contributed by atoms with Gasteiger partial charge in [0, 0.05) is 51.4 Å². The van der Waals surface area contributed by atoms with Gasteiger partial charge in [-0.15, -0.1) is 0 Å². The van der Waals surface area contributed by atoms with Crippen LogP contribution in [0, 0.1) is 0 Å². The van der Waals surface area contributed by atoms with Crippen LogP contribution in [0.5, 0.6) is 0 Å². The van der Waals surface area contributed by atoms with Crippen molar-refractivity contribution in [1.29, 1.82) is 0 Å². The number of amides is 2. The average molecular weight is 256 g/mol. The lowest BCUT2D eigenvalue weighted by molar-refractivity contribution is 0.175. The van der Waals surface area contributed by atoms with Crippen molar-refractivity contribution in [2.75, 3.05) is 39.3 Å². The first kappa shape index (κ1) is 15.2. The largest absolute Gasteiger partial charge is 0.336 e. The topological polar surface area (TPSA) is 47.6 Å². The lowest BCUT2D eigenvalue weighted by atomic mass is 10.2. The van der Waals surface area contributed by atoms with Crippen LogP contribution in [0.25, 0.3) is 0 Å². The van der Waals surface area contributed by atoms with Crippen LogP contribution < -0.4 is 10.6 Å². The number of rotatable bonds is 8. The molecule has 18 heavy (non-hydrogen) atoms. The van der Waals surface area contributed by atoms with Crippen LogP contribution in [0.4, 0.5) is 4.79 Å². The lowest BCUT2D eigenvalue weighted by Crippen LogP contribution is -2.42. The summed E-state index contributed by atoms with van der Waals surface area (Å²) in [7, 11) is 0. The van der Waals surface area contributed by atoms with E-state index in [1.54, 1.807) is 0 Å². The second kappa shape index (κ2) is 7.59. The molecule has 5 heteroatoms. The van der Waals surface area contributed by atoms with Crippen molar-refractivity contribution in [2.45, 2.75) is 39.8 Å². The molecule has 0 radical (unpaired) electrons. The van der Waals surface area contributed by atoms with E-state index >= 15 is 0 Å². The molecule has 0 unspecified atom stereocenters. The highest BCUT2D eigenvalue weighted by atomic mass is 16.2. The van der Waals surface area contributed by atoms with Crippen LogP contribution >= 0.6 is 0 Å². The second-order valence-electron chi connectivity index (χ2n) is 5.39. The zero-order chi connectivity index (χ0) is 13.5. The Hall–Kier alpha value is -0.810. The first-order valence-corrected chi connectivity index (χ1v) is 7.01. The standard InChI is InChI=1S/C13H28N4O/c1-11(2)17(12(3)4)10-6-14-5-8-16-9-7-15-13(16)18/h11-12,14H,5-10H2,1-4H3,(H,15,18). The Bertz CT molecular complexity index is 247. The summed E-state index contributed by atoms with van der Waals surface area (Å²) in [4.78, 5) is 15.6. The van der Waals surface area contributed by atoms with Gasteiger partial charge in [0.1, 0.15) is 0 Å². The predicted molar refractivity (Wildman–Crippen MR) is 74.8 cm³/mol. The van der Waals surface area contributed by atoms with Crippen LogP contribution in [0.2, 0.25) is 0 Å². The maximum absolute atomic E-state index is 11.3. The molecule has 106 valence electrons. The summed E-state index contributed by atoms with van der Waals surface area (Å²) >= 11 is 0. The van der Waals surface area contributed by atoms with Gasteiger partial charge in [0.15, 0.2) is 0 Å². The van der Waals surface area contributed by atoms with Crippen molar-refractivity contribution >= 4 is 6.03 Å². The van der Waals surface area contributed by atoms with Crippen molar-refractivity contribution in [2.24, 2.45) is 0 Å². The second-order valence-corrected chi connectivity index (χ2v) is 5.39. The summed E-state index contributed by atoms with van der Waals surface area (Å²) in [5.74, 6) is 0. The Labute approximate surface area is 111 Å². The minimum Gasteiger partial charge on any atom is -0.336 e. The average Bonchev–Trinajstić information content (AvgIpc) is 2.68. The van der Waals surface area contributed by atoms with E-state index in [-0.39, 0.29) is 6.03 Å². The predicted octanol–water partition coefficient (Wildman–Crippen LogP) is 0.720. The Morgan fingerprint density at radius 1 is 1.28 bits per heavy atom. The maximum atomic E-state index is 11.3. The van der Waals surface area contributed by atoms with Crippen molar-refractivity contribution < 1.29 is 4.79 Å². The van der Waals surface area contributed by atoms with Gasteiger partial charge in [0.05, 0.1) is 0 Å². The number of urea groups is 1. The van der Waals surface area contributed by atoms with Gasteiger partial charge in [-0.2, -0.15) is 0 Å². The fourth-order valence-electron chi connectivity index (χ4n) is 2.38. The molecule has 5 nitrogen and oxygen atoms in total. The monoisotopic (exact) mass is 256 g/mol. The Balaban J connectivity index is 2.09. The van der Waals surface area contributed by atoms with Crippen molar-refractivity contribution in [3.63, 3.8) is 0 Å². The molecule has 1 fully saturated rings. The first-order valence-electron chi connectivity index (χ1n) is 7.01. The summed E-state index contributed by atoms with van der Waals surface area (Å²) in [5.41, 5.74) is 0. The molecule has 1 aliphatic heterocycles. The molecule has 1 aliphatic rings. The first-order chi connectivity index (χ1) is 8.52. The number of nitrogens with one attached hydrogen (secondary N) is 2. The molecule has 0 spiro atoms. The summed E-state index contributed by atoms with van der Waals surface area (Å²) in [6.45, 7) is 14.3. The van der Waals surface area contributed by atoms with Gasteiger partial charge < -0.3 is 15.5 Å². The van der Waals surface area contributed by atoms with Crippen LogP contribution in [0.1, 0.15) is 27.7 Å². The molecule has 0 aromatic carbocycles. The smallest absolute Gasteiger partial charge is 0.317 e. The summed E-state index contributed by atoms with van der Waals surface area (Å²) in [6, 6.07) is 1.23. The number of nitrogens with zero attached hydrogens (tertiary/aromatic N) is 2. The Morgan fingerprint density at radius 2 is 1.94 bits per heavy atom. The molecular weight excluding hydrogens is 228 g/mol. The minimum absolute atomic E-state index is 0.0720. The highest BCUT2D eigenvalue weighted by molar-refractivity contribution is 5.76. The summed E-state index contributed by atoms with van der Waals surface area (Å²) in [6.07, 6.45) is 0. The van der Waals surface area contributed by atoms with Crippen molar-refractivity contribution in [1.82, 2.24) is 20.4 Å². The van der Waals surface area contributed by atoms with E-state index in [0.717, 1.165) is 39.3 Å². The third kappa shape index (κ3) is 4.82. The molecule has 0 saturated carbocycles. The molecule has 2 amide bonds.